The molecule has 1 aliphatic rings. The number of thioether (sulfide) groups is 1. The topological polar surface area (TPSA) is 18.5 Å². The van der Waals surface area contributed by atoms with Gasteiger partial charge in [-0.15, -0.1) is 0 Å². The van der Waals surface area contributed by atoms with Gasteiger partial charge in [0.05, 0.1) is 19.3 Å². The van der Waals surface area contributed by atoms with Gasteiger partial charge in [0.1, 0.15) is 0 Å². The van der Waals surface area contributed by atoms with Crippen molar-refractivity contribution < 1.29 is 9.47 Å². The van der Waals surface area contributed by atoms with Crippen LogP contribution in [0.4, 0.5) is 0 Å². The van der Waals surface area contributed by atoms with Gasteiger partial charge in [-0.2, -0.15) is 0 Å². The summed E-state index contributed by atoms with van der Waals surface area (Å²) >= 11 is 6.67. The fraction of sp³-hybridized carbons (Fsp3) is 0.889. The summed E-state index contributed by atoms with van der Waals surface area (Å²) in [6.07, 6.45) is 2.83. The molecule has 13 heavy (non-hydrogen) atoms. The normalized spacial score (nSPS) is 34.2. The number of ether oxygens (including phenoxy) is 2. The van der Waals surface area contributed by atoms with E-state index in [1.807, 2.05) is 0 Å². The van der Waals surface area contributed by atoms with Gasteiger partial charge < -0.3 is 9.47 Å². The number of methoxy groups -OCH3 is 1. The van der Waals surface area contributed by atoms with Crippen LogP contribution in [0.25, 0.3) is 0 Å². The molecule has 0 bridgehead atoms. The second kappa shape index (κ2) is 5.17. The van der Waals surface area contributed by atoms with Gasteiger partial charge in [0, 0.05) is 5.25 Å². The van der Waals surface area contributed by atoms with E-state index in [1.54, 1.807) is 18.9 Å². The fourth-order valence-electron chi connectivity index (χ4n) is 1.62. The molecule has 0 N–H and O–H groups in total. The van der Waals surface area contributed by atoms with Gasteiger partial charge in [-0.1, -0.05) is 11.8 Å². The lowest BCUT2D eigenvalue weighted by atomic mass is 10.1. The Hall–Kier alpha value is 0.200. The van der Waals surface area contributed by atoms with E-state index in [0.717, 1.165) is 12.8 Å². The molecule has 1 fully saturated rings. The van der Waals surface area contributed by atoms with Crippen molar-refractivity contribution in [3.05, 3.63) is 0 Å². The van der Waals surface area contributed by atoms with Crippen molar-refractivity contribution in [1.29, 1.82) is 0 Å². The summed E-state index contributed by atoms with van der Waals surface area (Å²) in [5.41, 5.74) is 0. The molecule has 0 spiro atoms. The van der Waals surface area contributed by atoms with E-state index >= 15 is 0 Å². The minimum atomic E-state index is 0.348. The minimum Gasteiger partial charge on any atom is -0.482 e. The standard InChI is InChI=1S/C9H16O2S2/c1-6-4-8(5-7(2)11-6)13-9(12)10-3/h6-8H,4-5H2,1-3H3. The Kier molecular flexibility index (Phi) is 4.49. The maximum absolute atomic E-state index is 5.63. The summed E-state index contributed by atoms with van der Waals surface area (Å²) in [4.78, 5) is 0. The quantitative estimate of drug-likeness (QED) is 0.632. The molecule has 2 atom stereocenters. The monoisotopic (exact) mass is 220 g/mol. The first-order valence-electron chi connectivity index (χ1n) is 4.52. The van der Waals surface area contributed by atoms with Crippen LogP contribution in [-0.4, -0.2) is 29.0 Å². The Bertz CT molecular complexity index is 174. The molecule has 1 heterocycles. The Morgan fingerprint density at radius 3 is 2.38 bits per heavy atom. The summed E-state index contributed by atoms with van der Waals surface area (Å²) in [6, 6.07) is 0. The molecule has 1 aliphatic heterocycles. The molecule has 4 heteroatoms. The average molecular weight is 220 g/mol. The van der Waals surface area contributed by atoms with Crippen LogP contribution in [0, 0.1) is 0 Å². The average Bonchev–Trinajstić information content (AvgIpc) is 2.02. The van der Waals surface area contributed by atoms with Gasteiger partial charge in [0.15, 0.2) is 0 Å². The predicted molar refractivity (Wildman–Crippen MR) is 60.2 cm³/mol. The van der Waals surface area contributed by atoms with E-state index < -0.39 is 0 Å². The summed E-state index contributed by atoms with van der Waals surface area (Å²) in [7, 11) is 1.63. The van der Waals surface area contributed by atoms with Crippen molar-refractivity contribution in [2.75, 3.05) is 7.11 Å². The van der Waals surface area contributed by atoms with E-state index in [1.165, 1.54) is 0 Å². The van der Waals surface area contributed by atoms with Gasteiger partial charge in [0.25, 0.3) is 0 Å². The van der Waals surface area contributed by atoms with E-state index in [4.69, 9.17) is 21.7 Å². The zero-order valence-corrected chi connectivity index (χ0v) is 9.91. The van der Waals surface area contributed by atoms with Crippen molar-refractivity contribution in [1.82, 2.24) is 0 Å². The van der Waals surface area contributed by atoms with Crippen molar-refractivity contribution in [3.63, 3.8) is 0 Å². The predicted octanol–water partition coefficient (Wildman–Crippen LogP) is 2.61. The van der Waals surface area contributed by atoms with Crippen molar-refractivity contribution in [2.24, 2.45) is 0 Å². The molecule has 0 aliphatic carbocycles. The van der Waals surface area contributed by atoms with E-state index in [2.05, 4.69) is 13.8 Å². The number of thiocarbonyl (C=S) groups is 1. The third-order valence-electron chi connectivity index (χ3n) is 2.08. The van der Waals surface area contributed by atoms with E-state index in [0.29, 0.717) is 21.8 Å². The second-order valence-corrected chi connectivity index (χ2v) is 5.33. The van der Waals surface area contributed by atoms with Crippen LogP contribution >= 0.6 is 24.0 Å². The summed E-state index contributed by atoms with van der Waals surface area (Å²) in [5.74, 6) is 0. The summed E-state index contributed by atoms with van der Waals surface area (Å²) in [5, 5.41) is 0.561. The molecule has 2 nitrogen and oxygen atoms in total. The molecule has 0 saturated carbocycles. The third-order valence-corrected chi connectivity index (χ3v) is 3.62. The van der Waals surface area contributed by atoms with Gasteiger partial charge >= 0.3 is 0 Å². The van der Waals surface area contributed by atoms with E-state index in [-0.39, 0.29) is 0 Å². The first-order chi connectivity index (χ1) is 6.11. The Morgan fingerprint density at radius 2 is 1.92 bits per heavy atom. The lowest BCUT2D eigenvalue weighted by Gasteiger charge is -2.31. The lowest BCUT2D eigenvalue weighted by Crippen LogP contribution is -2.31. The highest BCUT2D eigenvalue weighted by Crippen LogP contribution is 2.29. The summed E-state index contributed by atoms with van der Waals surface area (Å²) < 4.78 is 11.3. The number of hydrogen-bond acceptors (Lipinski definition) is 4. The Morgan fingerprint density at radius 1 is 1.38 bits per heavy atom. The zero-order valence-electron chi connectivity index (χ0n) is 8.28. The number of hydrogen-bond donors (Lipinski definition) is 0. The van der Waals surface area contributed by atoms with Crippen LogP contribution in [0.5, 0.6) is 0 Å². The Labute approximate surface area is 89.4 Å². The molecular formula is C9H16O2S2. The molecule has 0 amide bonds. The maximum atomic E-state index is 5.63. The molecule has 0 aromatic rings. The van der Waals surface area contributed by atoms with Crippen LogP contribution in [-0.2, 0) is 9.47 Å². The molecular weight excluding hydrogens is 204 g/mol. The molecule has 0 radical (unpaired) electrons. The summed E-state index contributed by atoms with van der Waals surface area (Å²) in [6.45, 7) is 4.22. The van der Waals surface area contributed by atoms with Crippen LogP contribution in [0.3, 0.4) is 0 Å². The molecule has 0 aromatic carbocycles. The smallest absolute Gasteiger partial charge is 0.219 e. The highest BCUT2D eigenvalue weighted by molar-refractivity contribution is 8.23. The van der Waals surface area contributed by atoms with Crippen molar-refractivity contribution in [2.45, 2.75) is 44.1 Å². The fourth-order valence-corrected chi connectivity index (χ4v) is 3.14. The van der Waals surface area contributed by atoms with Crippen molar-refractivity contribution >= 4 is 28.4 Å². The van der Waals surface area contributed by atoms with Gasteiger partial charge in [-0.3, -0.25) is 0 Å². The molecule has 1 saturated heterocycles. The van der Waals surface area contributed by atoms with Crippen LogP contribution < -0.4 is 0 Å². The SMILES string of the molecule is COC(=S)SC1CC(C)OC(C)C1. The highest BCUT2D eigenvalue weighted by atomic mass is 32.2. The highest BCUT2D eigenvalue weighted by Gasteiger charge is 2.25. The molecule has 1 rings (SSSR count). The van der Waals surface area contributed by atoms with Crippen LogP contribution in [0.2, 0.25) is 0 Å². The van der Waals surface area contributed by atoms with Crippen molar-refractivity contribution in [3.8, 4) is 0 Å². The minimum absolute atomic E-state index is 0.348. The number of rotatable bonds is 1. The second-order valence-electron chi connectivity index (χ2n) is 3.42. The first kappa shape index (κ1) is 11.3. The van der Waals surface area contributed by atoms with Gasteiger partial charge in [-0.25, -0.2) is 0 Å². The maximum Gasteiger partial charge on any atom is 0.219 e. The first-order valence-corrected chi connectivity index (χ1v) is 5.80. The van der Waals surface area contributed by atoms with Gasteiger partial charge in [-0.05, 0) is 38.9 Å². The van der Waals surface area contributed by atoms with Gasteiger partial charge in [0.2, 0.25) is 4.38 Å². The third kappa shape index (κ3) is 3.83. The van der Waals surface area contributed by atoms with Crippen LogP contribution in [0.15, 0.2) is 0 Å². The molecule has 76 valence electrons. The van der Waals surface area contributed by atoms with Crippen LogP contribution in [0.1, 0.15) is 26.7 Å². The van der Waals surface area contributed by atoms with E-state index in [9.17, 15) is 0 Å². The largest absolute Gasteiger partial charge is 0.482 e. The molecule has 0 aromatic heterocycles. The lowest BCUT2D eigenvalue weighted by molar-refractivity contribution is -0.0264. The Balaban J connectivity index is 2.37. The zero-order chi connectivity index (χ0) is 9.84. The molecule has 2 unspecified atom stereocenters.